The molecule has 1 N–H and O–H groups in total. The molecule has 6 heteroatoms. The van der Waals surface area contributed by atoms with Crippen LogP contribution in [0.1, 0.15) is 0 Å². The molecule has 2 aromatic carbocycles. The van der Waals surface area contributed by atoms with Gasteiger partial charge in [0.2, 0.25) is 0 Å². The van der Waals surface area contributed by atoms with Crippen LogP contribution in [0, 0.1) is 0 Å². The average molecular weight is 385 g/mol. The first kappa shape index (κ1) is 18.7. The number of halogens is 1. The Balaban J connectivity index is 1.87. The minimum Gasteiger partial charge on any atom is -0.369 e. The van der Waals surface area contributed by atoms with Crippen molar-refractivity contribution in [3.05, 3.63) is 65.7 Å². The summed E-state index contributed by atoms with van der Waals surface area (Å²) in [6.07, 6.45) is 0. The fourth-order valence-corrected chi connectivity index (χ4v) is 3.26. The number of hydrogen-bond donors (Lipinski definition) is 1. The van der Waals surface area contributed by atoms with Crippen molar-refractivity contribution >= 4 is 29.2 Å². The van der Waals surface area contributed by atoms with Gasteiger partial charge in [0.1, 0.15) is 10.8 Å². The molecule has 134 valence electrons. The summed E-state index contributed by atoms with van der Waals surface area (Å²) in [5.74, 6) is 1.55. The third kappa shape index (κ3) is 5.46. The van der Waals surface area contributed by atoms with Crippen LogP contribution in [0.5, 0.6) is 0 Å². The Hall–Kier alpha value is -2.08. The van der Waals surface area contributed by atoms with Crippen molar-refractivity contribution < 1.29 is 0 Å². The standard InChI is InChI=1S/C20H21ClN4S/c1-25(2)13-12-22-18-14-19(26-17-10-8-16(21)9-11-17)24-20(23-18)15-6-4-3-5-7-15/h3-11,14H,12-13H2,1-2H3,(H,22,23,24). The first-order valence-corrected chi connectivity index (χ1v) is 9.56. The first-order valence-electron chi connectivity index (χ1n) is 8.37. The largest absolute Gasteiger partial charge is 0.369 e. The van der Waals surface area contributed by atoms with E-state index in [2.05, 4.69) is 29.3 Å². The molecule has 1 heterocycles. The molecule has 0 unspecified atom stereocenters. The van der Waals surface area contributed by atoms with Crippen molar-refractivity contribution in [3.63, 3.8) is 0 Å². The van der Waals surface area contributed by atoms with Crippen LogP contribution in [-0.2, 0) is 0 Å². The van der Waals surface area contributed by atoms with E-state index in [4.69, 9.17) is 16.6 Å². The molecule has 0 aliphatic heterocycles. The average Bonchev–Trinajstić information content (AvgIpc) is 2.64. The van der Waals surface area contributed by atoms with Crippen LogP contribution >= 0.6 is 23.4 Å². The molecular weight excluding hydrogens is 364 g/mol. The third-order valence-electron chi connectivity index (χ3n) is 3.64. The fourth-order valence-electron chi connectivity index (χ4n) is 2.32. The van der Waals surface area contributed by atoms with Crippen LogP contribution < -0.4 is 5.32 Å². The number of aromatic nitrogens is 2. The Morgan fingerprint density at radius 1 is 1.00 bits per heavy atom. The van der Waals surface area contributed by atoms with Gasteiger partial charge in [0.25, 0.3) is 0 Å². The molecule has 0 saturated heterocycles. The van der Waals surface area contributed by atoms with E-state index in [0.717, 1.165) is 45.2 Å². The van der Waals surface area contributed by atoms with Gasteiger partial charge in [0.05, 0.1) is 0 Å². The highest BCUT2D eigenvalue weighted by atomic mass is 35.5. The third-order valence-corrected chi connectivity index (χ3v) is 4.81. The number of benzene rings is 2. The quantitative estimate of drug-likeness (QED) is 0.585. The summed E-state index contributed by atoms with van der Waals surface area (Å²) in [6.45, 7) is 1.76. The van der Waals surface area contributed by atoms with E-state index in [9.17, 15) is 0 Å². The van der Waals surface area contributed by atoms with Gasteiger partial charge in [-0.15, -0.1) is 0 Å². The summed E-state index contributed by atoms with van der Waals surface area (Å²) >= 11 is 7.58. The molecule has 0 aliphatic carbocycles. The highest BCUT2D eigenvalue weighted by Gasteiger charge is 2.08. The summed E-state index contributed by atoms with van der Waals surface area (Å²) in [6, 6.07) is 19.8. The van der Waals surface area contributed by atoms with Gasteiger partial charge in [-0.25, -0.2) is 9.97 Å². The Kier molecular flexibility index (Phi) is 6.50. The molecule has 0 spiro atoms. The zero-order chi connectivity index (χ0) is 18.4. The van der Waals surface area contributed by atoms with Crippen LogP contribution in [0.2, 0.25) is 5.02 Å². The SMILES string of the molecule is CN(C)CCNc1cc(Sc2ccc(Cl)cc2)nc(-c2ccccc2)n1. The zero-order valence-electron chi connectivity index (χ0n) is 14.8. The van der Waals surface area contributed by atoms with Gasteiger partial charge >= 0.3 is 0 Å². The normalized spacial score (nSPS) is 10.9. The lowest BCUT2D eigenvalue weighted by molar-refractivity contribution is 0.425. The zero-order valence-corrected chi connectivity index (χ0v) is 16.4. The van der Waals surface area contributed by atoms with Crippen molar-refractivity contribution in [2.45, 2.75) is 9.92 Å². The molecule has 0 atom stereocenters. The lowest BCUT2D eigenvalue weighted by Crippen LogP contribution is -2.21. The molecule has 3 aromatic rings. The second-order valence-electron chi connectivity index (χ2n) is 6.07. The Morgan fingerprint density at radius 2 is 1.73 bits per heavy atom. The molecule has 0 aliphatic rings. The van der Waals surface area contributed by atoms with E-state index in [1.54, 1.807) is 11.8 Å². The molecule has 0 radical (unpaired) electrons. The number of rotatable bonds is 7. The van der Waals surface area contributed by atoms with E-state index >= 15 is 0 Å². The van der Waals surface area contributed by atoms with Gasteiger partial charge in [0.15, 0.2) is 5.82 Å². The van der Waals surface area contributed by atoms with Crippen molar-refractivity contribution in [1.82, 2.24) is 14.9 Å². The molecule has 0 saturated carbocycles. The van der Waals surface area contributed by atoms with Crippen LogP contribution in [0.3, 0.4) is 0 Å². The van der Waals surface area contributed by atoms with Crippen molar-refractivity contribution in [2.75, 3.05) is 32.5 Å². The Bertz CT molecular complexity index is 838. The highest BCUT2D eigenvalue weighted by Crippen LogP contribution is 2.30. The smallest absolute Gasteiger partial charge is 0.162 e. The second-order valence-corrected chi connectivity index (χ2v) is 7.60. The highest BCUT2D eigenvalue weighted by molar-refractivity contribution is 7.99. The number of nitrogens with zero attached hydrogens (tertiary/aromatic N) is 3. The summed E-state index contributed by atoms with van der Waals surface area (Å²) in [4.78, 5) is 12.6. The van der Waals surface area contributed by atoms with Crippen LogP contribution in [0.25, 0.3) is 11.4 Å². The predicted molar refractivity (Wildman–Crippen MR) is 110 cm³/mol. The molecule has 4 nitrogen and oxygen atoms in total. The molecule has 0 amide bonds. The maximum absolute atomic E-state index is 5.98. The fraction of sp³-hybridized carbons (Fsp3) is 0.200. The molecule has 3 rings (SSSR count). The molecule has 26 heavy (non-hydrogen) atoms. The van der Waals surface area contributed by atoms with Gasteiger partial charge in [0, 0.05) is 34.6 Å². The molecular formula is C20H21ClN4S. The molecule has 1 aromatic heterocycles. The van der Waals surface area contributed by atoms with Crippen LogP contribution in [0.4, 0.5) is 5.82 Å². The lowest BCUT2D eigenvalue weighted by atomic mass is 10.2. The van der Waals surface area contributed by atoms with Crippen LogP contribution in [-0.4, -0.2) is 42.1 Å². The first-order chi connectivity index (χ1) is 12.6. The minimum absolute atomic E-state index is 0.719. The summed E-state index contributed by atoms with van der Waals surface area (Å²) in [5, 5.41) is 5.02. The van der Waals surface area contributed by atoms with E-state index in [-0.39, 0.29) is 0 Å². The lowest BCUT2D eigenvalue weighted by Gasteiger charge is -2.13. The van der Waals surface area contributed by atoms with Gasteiger partial charge in [-0.3, -0.25) is 0 Å². The summed E-state index contributed by atoms with van der Waals surface area (Å²) in [5.41, 5.74) is 1.00. The monoisotopic (exact) mass is 384 g/mol. The van der Waals surface area contributed by atoms with Crippen LogP contribution in [0.15, 0.2) is 70.6 Å². The van der Waals surface area contributed by atoms with Crippen molar-refractivity contribution in [2.24, 2.45) is 0 Å². The van der Waals surface area contributed by atoms with E-state index < -0.39 is 0 Å². The number of likely N-dealkylation sites (N-methyl/N-ethyl adjacent to an activating group) is 1. The van der Waals surface area contributed by atoms with Gasteiger partial charge in [-0.05, 0) is 38.4 Å². The van der Waals surface area contributed by atoms with E-state index in [0.29, 0.717) is 0 Å². The topological polar surface area (TPSA) is 41.0 Å². The maximum atomic E-state index is 5.98. The summed E-state index contributed by atoms with van der Waals surface area (Å²) < 4.78 is 0. The minimum atomic E-state index is 0.719. The maximum Gasteiger partial charge on any atom is 0.162 e. The number of hydrogen-bond acceptors (Lipinski definition) is 5. The van der Waals surface area contributed by atoms with Gasteiger partial charge in [-0.2, -0.15) is 0 Å². The Labute approximate surface area is 163 Å². The van der Waals surface area contributed by atoms with Crippen molar-refractivity contribution in [3.8, 4) is 11.4 Å². The van der Waals surface area contributed by atoms with E-state index in [1.165, 1.54) is 0 Å². The molecule has 0 fully saturated rings. The second kappa shape index (κ2) is 9.03. The van der Waals surface area contributed by atoms with Gasteiger partial charge in [-0.1, -0.05) is 53.7 Å². The van der Waals surface area contributed by atoms with Gasteiger partial charge < -0.3 is 10.2 Å². The number of anilines is 1. The Morgan fingerprint density at radius 3 is 2.42 bits per heavy atom. The molecule has 0 bridgehead atoms. The summed E-state index contributed by atoms with van der Waals surface area (Å²) in [7, 11) is 4.11. The number of nitrogens with one attached hydrogen (secondary N) is 1. The predicted octanol–water partition coefficient (Wildman–Crippen LogP) is 4.92. The van der Waals surface area contributed by atoms with E-state index in [1.807, 2.05) is 60.7 Å². The van der Waals surface area contributed by atoms with Crippen molar-refractivity contribution in [1.29, 1.82) is 0 Å².